The Morgan fingerprint density at radius 1 is 1.21 bits per heavy atom. The molecule has 1 aliphatic heterocycles. The molecule has 2 rings (SSSR count). The molecule has 0 spiro atoms. The van der Waals surface area contributed by atoms with Crippen LogP contribution in [0.25, 0.3) is 0 Å². The van der Waals surface area contributed by atoms with Crippen LogP contribution in [0.15, 0.2) is 42.5 Å². The van der Waals surface area contributed by atoms with Crippen molar-refractivity contribution in [1.29, 1.82) is 0 Å². The summed E-state index contributed by atoms with van der Waals surface area (Å²) in [6.45, 7) is 3.00. The zero-order chi connectivity index (χ0) is 9.80. The van der Waals surface area contributed by atoms with E-state index in [4.69, 9.17) is 4.74 Å². The van der Waals surface area contributed by atoms with Gasteiger partial charge in [-0.15, -0.1) is 0 Å². The standard InChI is InChI=1S/C13H16O/c1-11(12-7-3-2-4-8-12)13-9-5-6-10-14-13/h2-8,11,13H,9-10H2,1H3/t11-,13?/m0/s1. The molecule has 0 radical (unpaired) electrons. The molecular weight excluding hydrogens is 172 g/mol. The van der Waals surface area contributed by atoms with Crippen LogP contribution in [0.2, 0.25) is 0 Å². The van der Waals surface area contributed by atoms with E-state index < -0.39 is 0 Å². The molecule has 0 aromatic heterocycles. The molecule has 1 nitrogen and oxygen atoms in total. The lowest BCUT2D eigenvalue weighted by Gasteiger charge is -2.25. The zero-order valence-electron chi connectivity index (χ0n) is 8.52. The minimum absolute atomic E-state index is 0.349. The molecule has 0 amide bonds. The third kappa shape index (κ3) is 2.05. The molecule has 0 N–H and O–H groups in total. The molecule has 2 atom stereocenters. The predicted molar refractivity (Wildman–Crippen MR) is 58.4 cm³/mol. The molecule has 1 unspecified atom stereocenters. The average molecular weight is 188 g/mol. The van der Waals surface area contributed by atoms with Crippen LogP contribution >= 0.6 is 0 Å². The summed E-state index contributed by atoms with van der Waals surface area (Å²) in [5.74, 6) is 0.487. The first-order chi connectivity index (χ1) is 6.88. The zero-order valence-corrected chi connectivity index (χ0v) is 8.52. The molecule has 1 aromatic rings. The van der Waals surface area contributed by atoms with Crippen LogP contribution in [0.3, 0.4) is 0 Å². The van der Waals surface area contributed by atoms with Crippen LogP contribution < -0.4 is 0 Å². The van der Waals surface area contributed by atoms with E-state index in [1.54, 1.807) is 0 Å². The normalized spacial score (nSPS) is 23.4. The Morgan fingerprint density at radius 3 is 2.64 bits per heavy atom. The van der Waals surface area contributed by atoms with Crippen LogP contribution in [0.5, 0.6) is 0 Å². The van der Waals surface area contributed by atoms with E-state index in [1.165, 1.54) is 5.56 Å². The van der Waals surface area contributed by atoms with Crippen molar-refractivity contribution in [2.75, 3.05) is 6.61 Å². The fourth-order valence-corrected chi connectivity index (χ4v) is 1.87. The highest BCUT2D eigenvalue weighted by Crippen LogP contribution is 2.25. The van der Waals surface area contributed by atoms with Gasteiger partial charge in [0.05, 0.1) is 12.7 Å². The monoisotopic (exact) mass is 188 g/mol. The molecule has 0 fully saturated rings. The van der Waals surface area contributed by atoms with Gasteiger partial charge in [0.25, 0.3) is 0 Å². The maximum Gasteiger partial charge on any atom is 0.0679 e. The summed E-state index contributed by atoms with van der Waals surface area (Å²) in [4.78, 5) is 0. The van der Waals surface area contributed by atoms with E-state index >= 15 is 0 Å². The van der Waals surface area contributed by atoms with Gasteiger partial charge in [-0.05, 0) is 12.0 Å². The fraction of sp³-hybridized carbons (Fsp3) is 0.385. The van der Waals surface area contributed by atoms with Gasteiger partial charge in [0.1, 0.15) is 0 Å². The van der Waals surface area contributed by atoms with E-state index in [2.05, 4.69) is 49.4 Å². The van der Waals surface area contributed by atoms with Crippen molar-refractivity contribution in [2.24, 2.45) is 0 Å². The fourth-order valence-electron chi connectivity index (χ4n) is 1.87. The summed E-state index contributed by atoms with van der Waals surface area (Å²) < 4.78 is 5.71. The van der Waals surface area contributed by atoms with Crippen LogP contribution in [0.1, 0.15) is 24.8 Å². The predicted octanol–water partition coefficient (Wildman–Crippen LogP) is 3.14. The topological polar surface area (TPSA) is 9.23 Å². The van der Waals surface area contributed by atoms with Crippen molar-refractivity contribution in [2.45, 2.75) is 25.4 Å². The minimum Gasteiger partial charge on any atom is -0.373 e. The highest BCUT2D eigenvalue weighted by atomic mass is 16.5. The lowest BCUT2D eigenvalue weighted by molar-refractivity contribution is 0.0514. The Hall–Kier alpha value is -1.08. The van der Waals surface area contributed by atoms with E-state index in [-0.39, 0.29) is 0 Å². The third-order valence-electron chi connectivity index (χ3n) is 2.82. The van der Waals surface area contributed by atoms with Crippen molar-refractivity contribution in [1.82, 2.24) is 0 Å². The third-order valence-corrected chi connectivity index (χ3v) is 2.82. The highest BCUT2D eigenvalue weighted by molar-refractivity contribution is 5.20. The molecule has 14 heavy (non-hydrogen) atoms. The summed E-state index contributed by atoms with van der Waals surface area (Å²) in [5, 5.41) is 0. The Balaban J connectivity index is 2.08. The summed E-state index contributed by atoms with van der Waals surface area (Å²) in [6, 6.07) is 10.6. The SMILES string of the molecule is C[C@@H](c1ccccc1)C1CC=CCO1. The molecule has 0 saturated heterocycles. The van der Waals surface area contributed by atoms with Crippen molar-refractivity contribution in [3.8, 4) is 0 Å². The molecule has 1 aromatic carbocycles. The first-order valence-corrected chi connectivity index (χ1v) is 5.19. The van der Waals surface area contributed by atoms with Gasteiger partial charge in [0.15, 0.2) is 0 Å². The van der Waals surface area contributed by atoms with Crippen LogP contribution in [-0.2, 0) is 4.74 Å². The molecule has 1 heteroatoms. The highest BCUT2D eigenvalue weighted by Gasteiger charge is 2.19. The van der Waals surface area contributed by atoms with E-state index in [0.29, 0.717) is 12.0 Å². The smallest absolute Gasteiger partial charge is 0.0679 e. The Kier molecular flexibility index (Phi) is 3.00. The lowest BCUT2D eigenvalue weighted by atomic mass is 9.92. The second-order valence-corrected chi connectivity index (χ2v) is 3.78. The van der Waals surface area contributed by atoms with Gasteiger partial charge in [-0.3, -0.25) is 0 Å². The average Bonchev–Trinajstić information content (AvgIpc) is 2.30. The van der Waals surface area contributed by atoms with E-state index in [0.717, 1.165) is 13.0 Å². The summed E-state index contributed by atoms with van der Waals surface area (Å²) >= 11 is 0. The summed E-state index contributed by atoms with van der Waals surface area (Å²) in [7, 11) is 0. The maximum atomic E-state index is 5.71. The first kappa shape index (κ1) is 9.47. The molecule has 1 heterocycles. The maximum absolute atomic E-state index is 5.71. The molecule has 74 valence electrons. The van der Waals surface area contributed by atoms with Crippen molar-refractivity contribution in [3.05, 3.63) is 48.0 Å². The molecule has 0 bridgehead atoms. The summed E-state index contributed by atoms with van der Waals surface area (Å²) in [5.41, 5.74) is 1.37. The van der Waals surface area contributed by atoms with Gasteiger partial charge in [-0.2, -0.15) is 0 Å². The first-order valence-electron chi connectivity index (χ1n) is 5.19. The second kappa shape index (κ2) is 4.43. The molecular formula is C13H16O. The Morgan fingerprint density at radius 2 is 2.00 bits per heavy atom. The Bertz CT molecular complexity index is 302. The number of rotatable bonds is 2. The molecule has 1 aliphatic rings. The van der Waals surface area contributed by atoms with Gasteiger partial charge in [0.2, 0.25) is 0 Å². The number of hydrogen-bond donors (Lipinski definition) is 0. The van der Waals surface area contributed by atoms with Crippen molar-refractivity contribution < 1.29 is 4.74 Å². The molecule has 0 saturated carbocycles. The number of ether oxygens (including phenoxy) is 1. The van der Waals surface area contributed by atoms with E-state index in [9.17, 15) is 0 Å². The van der Waals surface area contributed by atoms with Gasteiger partial charge in [0, 0.05) is 5.92 Å². The second-order valence-electron chi connectivity index (χ2n) is 3.78. The largest absolute Gasteiger partial charge is 0.373 e. The number of hydrogen-bond acceptors (Lipinski definition) is 1. The van der Waals surface area contributed by atoms with Gasteiger partial charge in [-0.1, -0.05) is 49.4 Å². The van der Waals surface area contributed by atoms with Crippen LogP contribution in [0.4, 0.5) is 0 Å². The summed E-state index contributed by atoms with van der Waals surface area (Å²) in [6.07, 6.45) is 5.69. The van der Waals surface area contributed by atoms with Crippen molar-refractivity contribution >= 4 is 0 Å². The Labute approximate surface area is 85.4 Å². The van der Waals surface area contributed by atoms with E-state index in [1.807, 2.05) is 0 Å². The van der Waals surface area contributed by atoms with Gasteiger partial charge < -0.3 is 4.74 Å². The van der Waals surface area contributed by atoms with Crippen LogP contribution in [-0.4, -0.2) is 12.7 Å². The minimum atomic E-state index is 0.349. The van der Waals surface area contributed by atoms with Crippen LogP contribution in [0, 0.1) is 0 Å². The lowest BCUT2D eigenvalue weighted by Crippen LogP contribution is -2.22. The van der Waals surface area contributed by atoms with Gasteiger partial charge in [-0.25, -0.2) is 0 Å². The molecule has 0 aliphatic carbocycles. The number of benzene rings is 1. The van der Waals surface area contributed by atoms with Crippen molar-refractivity contribution in [3.63, 3.8) is 0 Å². The van der Waals surface area contributed by atoms with Gasteiger partial charge >= 0.3 is 0 Å². The quantitative estimate of drug-likeness (QED) is 0.648.